The summed E-state index contributed by atoms with van der Waals surface area (Å²) >= 11 is 0. The predicted molar refractivity (Wildman–Crippen MR) is 57.5 cm³/mol. The Morgan fingerprint density at radius 3 is 2.67 bits per heavy atom. The van der Waals surface area contributed by atoms with Crippen LogP contribution in [0.3, 0.4) is 0 Å². The highest BCUT2D eigenvalue weighted by molar-refractivity contribution is 5.77. The summed E-state index contributed by atoms with van der Waals surface area (Å²) in [7, 11) is 0. The molecule has 0 unspecified atom stereocenters. The van der Waals surface area contributed by atoms with Gasteiger partial charge in [0.2, 0.25) is 5.91 Å². The maximum atomic E-state index is 11.8. The van der Waals surface area contributed by atoms with E-state index in [-0.39, 0.29) is 19.1 Å². The SMILES string of the molecule is CCOCC(=O)N(CCO)C1CCCC1. The summed E-state index contributed by atoms with van der Waals surface area (Å²) in [6, 6.07) is 0.324. The Hall–Kier alpha value is -0.610. The topological polar surface area (TPSA) is 49.8 Å². The van der Waals surface area contributed by atoms with Crippen LogP contribution in [0.4, 0.5) is 0 Å². The maximum Gasteiger partial charge on any atom is 0.248 e. The van der Waals surface area contributed by atoms with E-state index < -0.39 is 0 Å². The number of carbonyl (C=O) groups is 1. The number of aliphatic hydroxyl groups excluding tert-OH is 1. The molecule has 4 nitrogen and oxygen atoms in total. The molecule has 0 heterocycles. The molecule has 0 atom stereocenters. The molecule has 0 saturated heterocycles. The van der Waals surface area contributed by atoms with Gasteiger partial charge >= 0.3 is 0 Å². The average molecular weight is 215 g/mol. The average Bonchev–Trinajstić information content (AvgIpc) is 2.75. The molecule has 1 saturated carbocycles. The van der Waals surface area contributed by atoms with Gasteiger partial charge < -0.3 is 14.7 Å². The highest BCUT2D eigenvalue weighted by Gasteiger charge is 2.25. The molecule has 0 radical (unpaired) electrons. The summed E-state index contributed by atoms with van der Waals surface area (Å²) in [6.45, 7) is 3.06. The van der Waals surface area contributed by atoms with E-state index in [4.69, 9.17) is 9.84 Å². The van der Waals surface area contributed by atoms with Gasteiger partial charge in [0.1, 0.15) is 6.61 Å². The number of hydrogen-bond donors (Lipinski definition) is 1. The molecule has 0 bridgehead atoms. The van der Waals surface area contributed by atoms with E-state index in [1.807, 2.05) is 6.92 Å². The standard InChI is InChI=1S/C11H21NO3/c1-2-15-9-11(14)12(7-8-13)10-5-3-4-6-10/h10,13H,2-9H2,1H3. The van der Waals surface area contributed by atoms with Crippen LogP contribution in [0.15, 0.2) is 0 Å². The molecule has 88 valence electrons. The van der Waals surface area contributed by atoms with Crippen LogP contribution >= 0.6 is 0 Å². The summed E-state index contributed by atoms with van der Waals surface area (Å²) in [5.74, 6) is 0.0119. The van der Waals surface area contributed by atoms with Gasteiger partial charge in [0, 0.05) is 19.2 Å². The first-order valence-electron chi connectivity index (χ1n) is 5.77. The Kier molecular flexibility index (Phi) is 5.65. The molecule has 1 aliphatic rings. The van der Waals surface area contributed by atoms with Crippen LogP contribution in [0.5, 0.6) is 0 Å². The fraction of sp³-hybridized carbons (Fsp3) is 0.909. The quantitative estimate of drug-likeness (QED) is 0.712. The molecule has 0 aromatic carbocycles. The van der Waals surface area contributed by atoms with Gasteiger partial charge in [-0.3, -0.25) is 4.79 Å². The number of rotatable bonds is 6. The Morgan fingerprint density at radius 2 is 2.13 bits per heavy atom. The molecule has 0 aliphatic heterocycles. The fourth-order valence-electron chi connectivity index (χ4n) is 2.11. The predicted octanol–water partition coefficient (Wildman–Crippen LogP) is 0.786. The first-order chi connectivity index (χ1) is 7.29. The molecule has 1 fully saturated rings. The molecule has 4 heteroatoms. The number of amides is 1. The van der Waals surface area contributed by atoms with Gasteiger partial charge in [-0.15, -0.1) is 0 Å². The minimum atomic E-state index is 0.0119. The number of nitrogens with zero attached hydrogens (tertiary/aromatic N) is 1. The van der Waals surface area contributed by atoms with Crippen molar-refractivity contribution >= 4 is 5.91 Å². The van der Waals surface area contributed by atoms with Gasteiger partial charge in [-0.1, -0.05) is 12.8 Å². The summed E-state index contributed by atoms with van der Waals surface area (Å²) < 4.78 is 5.11. The van der Waals surface area contributed by atoms with E-state index in [0.717, 1.165) is 12.8 Å². The van der Waals surface area contributed by atoms with Crippen molar-refractivity contribution in [2.75, 3.05) is 26.4 Å². The van der Waals surface area contributed by atoms with E-state index in [2.05, 4.69) is 0 Å². The Morgan fingerprint density at radius 1 is 1.47 bits per heavy atom. The van der Waals surface area contributed by atoms with Crippen molar-refractivity contribution in [3.63, 3.8) is 0 Å². The summed E-state index contributed by atoms with van der Waals surface area (Å²) in [4.78, 5) is 13.5. The Bertz CT molecular complexity index is 190. The van der Waals surface area contributed by atoms with Crippen molar-refractivity contribution in [2.24, 2.45) is 0 Å². The second-order valence-corrected chi connectivity index (χ2v) is 3.89. The van der Waals surface area contributed by atoms with Gasteiger partial charge in [0.25, 0.3) is 0 Å². The van der Waals surface area contributed by atoms with E-state index in [1.165, 1.54) is 12.8 Å². The normalized spacial score (nSPS) is 16.9. The van der Waals surface area contributed by atoms with E-state index in [1.54, 1.807) is 4.90 Å². The molecule has 0 aromatic heterocycles. The van der Waals surface area contributed by atoms with Crippen LogP contribution in [0.2, 0.25) is 0 Å². The zero-order chi connectivity index (χ0) is 11.1. The van der Waals surface area contributed by atoms with Gasteiger partial charge in [0.05, 0.1) is 6.61 Å². The largest absolute Gasteiger partial charge is 0.395 e. The van der Waals surface area contributed by atoms with Gasteiger partial charge in [-0.2, -0.15) is 0 Å². The highest BCUT2D eigenvalue weighted by atomic mass is 16.5. The second-order valence-electron chi connectivity index (χ2n) is 3.89. The first kappa shape index (κ1) is 12.5. The molecule has 1 aliphatic carbocycles. The number of ether oxygens (including phenoxy) is 1. The van der Waals surface area contributed by atoms with Crippen LogP contribution in [-0.2, 0) is 9.53 Å². The van der Waals surface area contributed by atoms with Gasteiger partial charge in [-0.05, 0) is 19.8 Å². The second kappa shape index (κ2) is 6.80. The van der Waals surface area contributed by atoms with Crippen molar-refractivity contribution in [2.45, 2.75) is 38.6 Å². The van der Waals surface area contributed by atoms with Crippen molar-refractivity contribution < 1.29 is 14.6 Å². The third-order valence-electron chi connectivity index (χ3n) is 2.86. The van der Waals surface area contributed by atoms with Crippen molar-refractivity contribution in [3.05, 3.63) is 0 Å². The summed E-state index contributed by atoms with van der Waals surface area (Å²) in [5, 5.41) is 8.94. The van der Waals surface area contributed by atoms with Crippen LogP contribution < -0.4 is 0 Å². The lowest BCUT2D eigenvalue weighted by atomic mass is 10.2. The third kappa shape index (κ3) is 3.80. The van der Waals surface area contributed by atoms with E-state index >= 15 is 0 Å². The Balaban J connectivity index is 2.43. The molecule has 0 aromatic rings. The fourth-order valence-corrected chi connectivity index (χ4v) is 2.11. The van der Waals surface area contributed by atoms with Crippen molar-refractivity contribution in [1.82, 2.24) is 4.90 Å². The van der Waals surface area contributed by atoms with Crippen LogP contribution in [0, 0.1) is 0 Å². The molecule has 1 rings (SSSR count). The molecule has 1 N–H and O–H groups in total. The number of carbonyl (C=O) groups excluding carboxylic acids is 1. The molecule has 15 heavy (non-hydrogen) atoms. The summed E-state index contributed by atoms with van der Waals surface area (Å²) in [6.07, 6.45) is 4.51. The lowest BCUT2D eigenvalue weighted by Gasteiger charge is -2.28. The monoisotopic (exact) mass is 215 g/mol. The molecular weight excluding hydrogens is 194 g/mol. The minimum Gasteiger partial charge on any atom is -0.395 e. The lowest BCUT2D eigenvalue weighted by molar-refractivity contribution is -0.138. The van der Waals surface area contributed by atoms with Gasteiger partial charge in [0.15, 0.2) is 0 Å². The summed E-state index contributed by atoms with van der Waals surface area (Å²) in [5.41, 5.74) is 0. The maximum absolute atomic E-state index is 11.8. The van der Waals surface area contributed by atoms with Crippen LogP contribution in [0.1, 0.15) is 32.6 Å². The molecule has 1 amide bonds. The van der Waals surface area contributed by atoms with Crippen LogP contribution in [0.25, 0.3) is 0 Å². The minimum absolute atomic E-state index is 0.0119. The molecule has 0 spiro atoms. The highest BCUT2D eigenvalue weighted by Crippen LogP contribution is 2.23. The van der Waals surface area contributed by atoms with Crippen molar-refractivity contribution in [1.29, 1.82) is 0 Å². The third-order valence-corrected chi connectivity index (χ3v) is 2.86. The number of hydrogen-bond acceptors (Lipinski definition) is 3. The zero-order valence-corrected chi connectivity index (χ0v) is 9.45. The first-order valence-corrected chi connectivity index (χ1v) is 5.77. The lowest BCUT2D eigenvalue weighted by Crippen LogP contribution is -2.42. The smallest absolute Gasteiger partial charge is 0.248 e. The van der Waals surface area contributed by atoms with Crippen LogP contribution in [-0.4, -0.2) is 48.3 Å². The Labute approximate surface area is 91.2 Å². The van der Waals surface area contributed by atoms with Gasteiger partial charge in [-0.25, -0.2) is 0 Å². The molecular formula is C11H21NO3. The van der Waals surface area contributed by atoms with Crippen molar-refractivity contribution in [3.8, 4) is 0 Å². The number of aliphatic hydroxyl groups is 1. The zero-order valence-electron chi connectivity index (χ0n) is 9.45. The van der Waals surface area contributed by atoms with E-state index in [9.17, 15) is 4.79 Å². The van der Waals surface area contributed by atoms with E-state index in [0.29, 0.717) is 19.2 Å².